The van der Waals surface area contributed by atoms with E-state index in [9.17, 15) is 20.0 Å². The van der Waals surface area contributed by atoms with Crippen LogP contribution in [-0.2, 0) is 9.53 Å². The summed E-state index contributed by atoms with van der Waals surface area (Å²) in [4.78, 5) is 28.6. The van der Waals surface area contributed by atoms with Crippen molar-refractivity contribution >= 4 is 11.9 Å². The van der Waals surface area contributed by atoms with E-state index in [0.29, 0.717) is 24.2 Å². The first kappa shape index (κ1) is 23.5. The summed E-state index contributed by atoms with van der Waals surface area (Å²) in [6, 6.07) is 1.49. The van der Waals surface area contributed by atoms with Crippen molar-refractivity contribution < 1.29 is 19.4 Å². The highest BCUT2D eigenvalue weighted by Crippen LogP contribution is 2.63. The predicted octanol–water partition coefficient (Wildman–Crippen LogP) is 3.40. The van der Waals surface area contributed by atoms with E-state index in [1.165, 1.54) is 0 Å². The van der Waals surface area contributed by atoms with E-state index in [-0.39, 0.29) is 24.4 Å². The molecule has 0 aromatic carbocycles. The van der Waals surface area contributed by atoms with Crippen LogP contribution in [0.25, 0.3) is 0 Å². The predicted molar refractivity (Wildman–Crippen MR) is 120 cm³/mol. The normalized spacial score (nSPS) is 41.8. The number of carbonyl (C=O) groups excluding carboxylic acids is 2. The molecule has 2 unspecified atom stereocenters. The van der Waals surface area contributed by atoms with Crippen LogP contribution in [0.4, 0.5) is 4.79 Å². The van der Waals surface area contributed by atoms with E-state index in [1.807, 2.05) is 25.7 Å². The van der Waals surface area contributed by atoms with Gasteiger partial charge in [0.25, 0.3) is 0 Å². The zero-order chi connectivity index (χ0) is 23.5. The van der Waals surface area contributed by atoms with Gasteiger partial charge in [0, 0.05) is 11.5 Å². The lowest BCUT2D eigenvalue weighted by molar-refractivity contribution is -0.176. The standard InChI is InChI=1S/C25H39N3O4/c1-15-6-19(12-26)28(16(15)2)13-20(29)21(27-22(30)32-23(3,4)5)24-8-17-7-18(9-24)11-25(31,10-17)14-24/h15-19,21,31H,6-11,13-14H2,1-5H3,(H,27,30)/t15-,16-,17?,18?,19-,21+,24?,25?/m0/s1. The number of alkyl carbamates (subject to hydrolysis) is 1. The minimum absolute atomic E-state index is 0.0670. The number of rotatable bonds is 5. The zero-order valence-electron chi connectivity index (χ0n) is 20.2. The number of nitriles is 1. The molecule has 4 saturated carbocycles. The number of ether oxygens (including phenoxy) is 1. The quantitative estimate of drug-likeness (QED) is 0.672. The van der Waals surface area contributed by atoms with Crippen molar-refractivity contribution in [2.45, 2.75) is 109 Å². The van der Waals surface area contributed by atoms with Crippen molar-refractivity contribution in [3.63, 3.8) is 0 Å². The van der Waals surface area contributed by atoms with E-state index in [1.54, 1.807) is 0 Å². The van der Waals surface area contributed by atoms with E-state index < -0.39 is 28.8 Å². The summed E-state index contributed by atoms with van der Waals surface area (Å²) in [6.07, 6.45) is 5.13. The average Bonchev–Trinajstić information content (AvgIpc) is 2.90. The third-order valence-corrected chi connectivity index (χ3v) is 8.50. The van der Waals surface area contributed by atoms with Gasteiger partial charge in [-0.25, -0.2) is 4.79 Å². The molecule has 0 aromatic rings. The Bertz CT molecular complexity index is 799. The average molecular weight is 446 g/mol. The van der Waals surface area contributed by atoms with Crippen LogP contribution in [0.1, 0.15) is 79.6 Å². The second-order valence-electron chi connectivity index (χ2n) is 12.4. The summed E-state index contributed by atoms with van der Waals surface area (Å²) in [6.45, 7) is 9.74. The van der Waals surface area contributed by atoms with Gasteiger partial charge in [-0.2, -0.15) is 5.26 Å². The molecule has 0 aromatic heterocycles. The second-order valence-corrected chi connectivity index (χ2v) is 12.4. The summed E-state index contributed by atoms with van der Waals surface area (Å²) in [7, 11) is 0. The second kappa shape index (κ2) is 7.99. The van der Waals surface area contributed by atoms with Crippen molar-refractivity contribution in [3.8, 4) is 6.07 Å². The highest BCUT2D eigenvalue weighted by molar-refractivity contribution is 5.90. The third-order valence-electron chi connectivity index (χ3n) is 8.50. The number of nitrogens with one attached hydrogen (secondary N) is 1. The van der Waals surface area contributed by atoms with E-state index in [2.05, 4.69) is 25.2 Å². The molecule has 6 atom stereocenters. The first-order valence-electron chi connectivity index (χ1n) is 12.2. The summed E-state index contributed by atoms with van der Waals surface area (Å²) in [5.41, 5.74) is -1.84. The first-order chi connectivity index (χ1) is 14.8. The molecule has 1 heterocycles. The smallest absolute Gasteiger partial charge is 0.408 e. The molecule has 178 valence electrons. The number of Topliss-reactive ketones (excluding diaryl/α,β-unsaturated/α-hetero) is 1. The first-order valence-corrected chi connectivity index (χ1v) is 12.2. The van der Waals surface area contributed by atoms with Crippen molar-refractivity contribution in [3.05, 3.63) is 0 Å². The Balaban J connectivity index is 1.60. The lowest BCUT2D eigenvalue weighted by Crippen LogP contribution is -2.65. The van der Waals surface area contributed by atoms with Gasteiger partial charge in [0.1, 0.15) is 5.60 Å². The summed E-state index contributed by atoms with van der Waals surface area (Å²) >= 11 is 0. The maximum atomic E-state index is 13.8. The zero-order valence-corrected chi connectivity index (χ0v) is 20.2. The van der Waals surface area contributed by atoms with Crippen LogP contribution < -0.4 is 5.32 Å². The number of aliphatic hydroxyl groups is 1. The molecule has 7 heteroatoms. The van der Waals surface area contributed by atoms with Gasteiger partial charge < -0.3 is 15.2 Å². The van der Waals surface area contributed by atoms with Crippen LogP contribution in [-0.4, -0.2) is 57.8 Å². The van der Waals surface area contributed by atoms with Crippen molar-refractivity contribution in [2.75, 3.05) is 6.54 Å². The van der Waals surface area contributed by atoms with Crippen LogP contribution in [0.3, 0.4) is 0 Å². The largest absolute Gasteiger partial charge is 0.444 e. The molecule has 4 bridgehead atoms. The Kier molecular flexibility index (Phi) is 5.87. The van der Waals surface area contributed by atoms with Crippen LogP contribution in [0.15, 0.2) is 0 Å². The van der Waals surface area contributed by atoms with Gasteiger partial charge in [-0.1, -0.05) is 6.92 Å². The Morgan fingerprint density at radius 3 is 2.34 bits per heavy atom. The Hall–Kier alpha value is -1.65. The molecule has 7 nitrogen and oxygen atoms in total. The van der Waals surface area contributed by atoms with Gasteiger partial charge in [0.2, 0.25) is 0 Å². The van der Waals surface area contributed by atoms with Crippen LogP contribution in [0.5, 0.6) is 0 Å². The van der Waals surface area contributed by atoms with Gasteiger partial charge in [-0.05, 0) is 90.4 Å². The van der Waals surface area contributed by atoms with Crippen LogP contribution in [0, 0.1) is 34.5 Å². The van der Waals surface area contributed by atoms with Crippen LogP contribution >= 0.6 is 0 Å². The molecule has 5 fully saturated rings. The molecular formula is C25H39N3O4. The van der Waals surface area contributed by atoms with Crippen molar-refractivity contribution in [1.29, 1.82) is 5.26 Å². The fourth-order valence-corrected chi connectivity index (χ4v) is 7.57. The molecule has 0 spiro atoms. The molecular weight excluding hydrogens is 406 g/mol. The van der Waals surface area contributed by atoms with Gasteiger partial charge in [-0.3, -0.25) is 9.69 Å². The van der Waals surface area contributed by atoms with Gasteiger partial charge in [0.15, 0.2) is 5.78 Å². The molecule has 32 heavy (non-hydrogen) atoms. The van der Waals surface area contributed by atoms with Crippen molar-refractivity contribution in [2.24, 2.45) is 23.2 Å². The minimum atomic E-state index is -0.733. The molecule has 4 aliphatic carbocycles. The SMILES string of the molecule is C[C@H]1C[C@@H](C#N)N(CC(=O)[C@@H](NC(=O)OC(C)(C)C)C23CC4CC(CC(O)(C4)C2)C3)[C@H]1C. The topological polar surface area (TPSA) is 103 Å². The Labute approximate surface area is 191 Å². The number of hydrogen-bond donors (Lipinski definition) is 2. The monoisotopic (exact) mass is 445 g/mol. The summed E-state index contributed by atoms with van der Waals surface area (Å²) in [5, 5.41) is 23.8. The lowest BCUT2D eigenvalue weighted by atomic mass is 9.46. The number of hydrogen-bond acceptors (Lipinski definition) is 6. The fourth-order valence-electron chi connectivity index (χ4n) is 7.57. The summed E-state index contributed by atoms with van der Waals surface area (Å²) in [5.74, 6) is 1.07. The Morgan fingerprint density at radius 2 is 1.81 bits per heavy atom. The molecule has 1 saturated heterocycles. The van der Waals surface area contributed by atoms with Gasteiger partial charge >= 0.3 is 6.09 Å². The molecule has 1 aliphatic heterocycles. The maximum absolute atomic E-state index is 13.8. The number of amides is 1. The number of nitrogens with zero attached hydrogens (tertiary/aromatic N) is 2. The molecule has 2 N–H and O–H groups in total. The number of ketones is 1. The van der Waals surface area contributed by atoms with E-state index in [0.717, 1.165) is 38.5 Å². The summed E-state index contributed by atoms with van der Waals surface area (Å²) < 4.78 is 5.53. The van der Waals surface area contributed by atoms with E-state index >= 15 is 0 Å². The van der Waals surface area contributed by atoms with E-state index in [4.69, 9.17) is 4.74 Å². The molecule has 0 radical (unpaired) electrons. The third kappa shape index (κ3) is 4.41. The number of carbonyl (C=O) groups is 2. The molecule has 5 aliphatic rings. The maximum Gasteiger partial charge on any atom is 0.408 e. The fraction of sp³-hybridized carbons (Fsp3) is 0.880. The highest BCUT2D eigenvalue weighted by atomic mass is 16.6. The van der Waals surface area contributed by atoms with Gasteiger partial charge in [-0.15, -0.1) is 0 Å². The van der Waals surface area contributed by atoms with Crippen LogP contribution in [0.2, 0.25) is 0 Å². The molecule has 5 rings (SSSR count). The van der Waals surface area contributed by atoms with Crippen molar-refractivity contribution in [1.82, 2.24) is 10.2 Å². The lowest BCUT2D eigenvalue weighted by Gasteiger charge is -2.62. The minimum Gasteiger partial charge on any atom is -0.444 e. The number of likely N-dealkylation sites (tertiary alicyclic amines) is 1. The Morgan fingerprint density at radius 1 is 1.19 bits per heavy atom. The van der Waals surface area contributed by atoms with Gasteiger partial charge in [0.05, 0.1) is 30.3 Å². The molecule has 1 amide bonds. The highest BCUT2D eigenvalue weighted by Gasteiger charge is 2.61.